The van der Waals surface area contributed by atoms with Gasteiger partial charge in [0, 0.05) is 6.04 Å². The molecule has 5 heteroatoms. The summed E-state index contributed by atoms with van der Waals surface area (Å²) in [7, 11) is 0. The summed E-state index contributed by atoms with van der Waals surface area (Å²) in [4.78, 5) is 23.1. The highest BCUT2D eigenvalue weighted by molar-refractivity contribution is 5.96. The van der Waals surface area contributed by atoms with E-state index in [2.05, 4.69) is 5.32 Å². The molecule has 20 heavy (non-hydrogen) atoms. The lowest BCUT2D eigenvalue weighted by molar-refractivity contribution is -0.123. The Labute approximate surface area is 118 Å². The Bertz CT molecular complexity index is 484. The number of ketones is 1. The minimum atomic E-state index is -0.510. The zero-order valence-corrected chi connectivity index (χ0v) is 12.0. The summed E-state index contributed by atoms with van der Waals surface area (Å²) in [6.45, 7) is 5.11. The van der Waals surface area contributed by atoms with Crippen molar-refractivity contribution in [2.45, 2.75) is 39.7 Å². The molecule has 1 rings (SSSR count). The molecule has 110 valence electrons. The average molecular weight is 281 g/mol. The second kappa shape index (κ2) is 7.62. The van der Waals surface area contributed by atoms with Gasteiger partial charge in [0.25, 0.3) is 5.91 Å². The third kappa shape index (κ3) is 4.64. The number of rotatable bonds is 7. The van der Waals surface area contributed by atoms with E-state index in [9.17, 15) is 14.0 Å². The molecule has 0 bridgehead atoms. The van der Waals surface area contributed by atoms with E-state index in [1.165, 1.54) is 19.1 Å². The van der Waals surface area contributed by atoms with Crippen LogP contribution in [0.25, 0.3) is 0 Å². The maximum Gasteiger partial charge on any atom is 0.258 e. The SMILES string of the molecule is CCC(CC)NC(=O)COc1ccc(F)cc1C(C)=O. The van der Waals surface area contributed by atoms with Gasteiger partial charge in [-0.05, 0) is 38.0 Å². The highest BCUT2D eigenvalue weighted by Crippen LogP contribution is 2.20. The molecule has 1 amide bonds. The Morgan fingerprint density at radius 3 is 2.50 bits per heavy atom. The highest BCUT2D eigenvalue weighted by atomic mass is 19.1. The topological polar surface area (TPSA) is 55.4 Å². The number of hydrogen-bond acceptors (Lipinski definition) is 3. The molecule has 1 aromatic carbocycles. The van der Waals surface area contributed by atoms with Gasteiger partial charge in [0.15, 0.2) is 12.4 Å². The van der Waals surface area contributed by atoms with E-state index < -0.39 is 5.82 Å². The van der Waals surface area contributed by atoms with Crippen LogP contribution < -0.4 is 10.1 Å². The number of benzene rings is 1. The van der Waals surface area contributed by atoms with Crippen LogP contribution in [0.2, 0.25) is 0 Å². The average Bonchev–Trinajstić information content (AvgIpc) is 2.43. The Hall–Kier alpha value is -1.91. The summed E-state index contributed by atoms with van der Waals surface area (Å²) in [5.74, 6) is -0.847. The summed E-state index contributed by atoms with van der Waals surface area (Å²) in [6.07, 6.45) is 1.69. The molecular formula is C15H20FNO3. The molecule has 0 saturated carbocycles. The summed E-state index contributed by atoms with van der Waals surface area (Å²) in [5.41, 5.74) is 0.139. The fraction of sp³-hybridized carbons (Fsp3) is 0.467. The first kappa shape index (κ1) is 16.1. The maximum atomic E-state index is 13.1. The minimum Gasteiger partial charge on any atom is -0.483 e. The van der Waals surface area contributed by atoms with Gasteiger partial charge in [-0.25, -0.2) is 4.39 Å². The van der Waals surface area contributed by atoms with Crippen LogP contribution in [-0.2, 0) is 4.79 Å². The van der Waals surface area contributed by atoms with Crippen LogP contribution in [0.3, 0.4) is 0 Å². The number of amides is 1. The van der Waals surface area contributed by atoms with Crippen molar-refractivity contribution in [3.63, 3.8) is 0 Å². The second-order valence-electron chi connectivity index (χ2n) is 4.57. The molecule has 0 aliphatic rings. The normalized spacial score (nSPS) is 10.4. The molecule has 0 aliphatic carbocycles. The Kier molecular flexibility index (Phi) is 6.15. The lowest BCUT2D eigenvalue weighted by Crippen LogP contribution is -2.37. The third-order valence-electron chi connectivity index (χ3n) is 3.03. The zero-order valence-electron chi connectivity index (χ0n) is 12.0. The van der Waals surface area contributed by atoms with Crippen LogP contribution in [0.5, 0.6) is 5.75 Å². The Morgan fingerprint density at radius 1 is 1.30 bits per heavy atom. The van der Waals surface area contributed by atoms with E-state index in [1.807, 2.05) is 13.8 Å². The predicted molar refractivity (Wildman–Crippen MR) is 74.4 cm³/mol. The van der Waals surface area contributed by atoms with Crippen LogP contribution in [0.4, 0.5) is 4.39 Å². The summed E-state index contributed by atoms with van der Waals surface area (Å²) < 4.78 is 18.4. The van der Waals surface area contributed by atoms with E-state index in [4.69, 9.17) is 4.74 Å². The molecule has 4 nitrogen and oxygen atoms in total. The van der Waals surface area contributed by atoms with Crippen molar-refractivity contribution >= 4 is 11.7 Å². The fourth-order valence-corrected chi connectivity index (χ4v) is 1.81. The molecule has 0 atom stereocenters. The van der Waals surface area contributed by atoms with Gasteiger partial charge < -0.3 is 10.1 Å². The van der Waals surface area contributed by atoms with Gasteiger partial charge in [0.05, 0.1) is 5.56 Å². The number of carbonyl (C=O) groups excluding carboxylic acids is 2. The van der Waals surface area contributed by atoms with E-state index in [1.54, 1.807) is 0 Å². The smallest absolute Gasteiger partial charge is 0.258 e. The van der Waals surface area contributed by atoms with Crippen molar-refractivity contribution in [3.8, 4) is 5.75 Å². The van der Waals surface area contributed by atoms with Crippen molar-refractivity contribution in [3.05, 3.63) is 29.6 Å². The molecule has 0 unspecified atom stereocenters. The number of hydrogen-bond donors (Lipinski definition) is 1. The van der Waals surface area contributed by atoms with Gasteiger partial charge in [0.1, 0.15) is 11.6 Å². The first-order chi connectivity index (χ1) is 9.47. The van der Waals surface area contributed by atoms with Crippen LogP contribution in [0, 0.1) is 5.82 Å². The molecular weight excluding hydrogens is 261 g/mol. The molecule has 1 N–H and O–H groups in total. The quantitative estimate of drug-likeness (QED) is 0.782. The first-order valence-corrected chi connectivity index (χ1v) is 6.70. The number of ether oxygens (including phenoxy) is 1. The molecule has 1 aromatic rings. The summed E-state index contributed by atoms with van der Waals surface area (Å²) in [5, 5.41) is 2.82. The third-order valence-corrected chi connectivity index (χ3v) is 3.03. The van der Waals surface area contributed by atoms with E-state index in [0.29, 0.717) is 0 Å². The largest absolute Gasteiger partial charge is 0.483 e. The van der Waals surface area contributed by atoms with Crippen molar-refractivity contribution in [1.82, 2.24) is 5.32 Å². The van der Waals surface area contributed by atoms with Gasteiger partial charge in [0.2, 0.25) is 0 Å². The van der Waals surface area contributed by atoms with Crippen molar-refractivity contribution in [1.29, 1.82) is 0 Å². The van der Waals surface area contributed by atoms with Gasteiger partial charge >= 0.3 is 0 Å². The minimum absolute atomic E-state index is 0.117. The van der Waals surface area contributed by atoms with Crippen LogP contribution in [-0.4, -0.2) is 24.3 Å². The maximum absolute atomic E-state index is 13.1. The first-order valence-electron chi connectivity index (χ1n) is 6.70. The molecule has 0 spiro atoms. The summed E-state index contributed by atoms with van der Waals surface area (Å²) in [6, 6.07) is 3.78. The van der Waals surface area contributed by atoms with Crippen LogP contribution in [0.15, 0.2) is 18.2 Å². The lowest BCUT2D eigenvalue weighted by atomic mass is 10.1. The number of nitrogens with one attached hydrogen (secondary N) is 1. The highest BCUT2D eigenvalue weighted by Gasteiger charge is 2.13. The molecule has 0 heterocycles. The fourth-order valence-electron chi connectivity index (χ4n) is 1.81. The molecule has 0 saturated heterocycles. The molecule has 0 aromatic heterocycles. The monoisotopic (exact) mass is 281 g/mol. The van der Waals surface area contributed by atoms with Crippen molar-refractivity contribution in [2.75, 3.05) is 6.61 Å². The standard InChI is InChI=1S/C15H20FNO3/c1-4-12(5-2)17-15(19)9-20-14-7-6-11(16)8-13(14)10(3)18/h6-8,12H,4-5,9H2,1-3H3,(H,17,19). The Balaban J connectivity index is 2.66. The molecule has 0 fully saturated rings. The van der Waals surface area contributed by atoms with E-state index in [-0.39, 0.29) is 35.7 Å². The van der Waals surface area contributed by atoms with E-state index in [0.717, 1.165) is 18.9 Å². The molecule has 0 radical (unpaired) electrons. The number of Topliss-reactive ketones (excluding diaryl/α,β-unsaturated/α-hetero) is 1. The van der Waals surface area contributed by atoms with Crippen LogP contribution >= 0.6 is 0 Å². The van der Waals surface area contributed by atoms with Gasteiger partial charge in [-0.3, -0.25) is 9.59 Å². The second-order valence-corrected chi connectivity index (χ2v) is 4.57. The number of carbonyl (C=O) groups is 2. The van der Waals surface area contributed by atoms with Crippen molar-refractivity contribution < 1.29 is 18.7 Å². The summed E-state index contributed by atoms with van der Waals surface area (Å²) >= 11 is 0. The zero-order chi connectivity index (χ0) is 15.1. The number of halogens is 1. The van der Waals surface area contributed by atoms with Crippen LogP contribution in [0.1, 0.15) is 44.0 Å². The molecule has 0 aliphatic heterocycles. The van der Waals surface area contributed by atoms with Gasteiger partial charge in [-0.1, -0.05) is 13.8 Å². The van der Waals surface area contributed by atoms with E-state index >= 15 is 0 Å². The van der Waals surface area contributed by atoms with Gasteiger partial charge in [-0.15, -0.1) is 0 Å². The van der Waals surface area contributed by atoms with Crippen molar-refractivity contribution in [2.24, 2.45) is 0 Å². The predicted octanol–water partition coefficient (Wildman–Crippen LogP) is 2.71. The lowest BCUT2D eigenvalue weighted by Gasteiger charge is -2.15. The van der Waals surface area contributed by atoms with Gasteiger partial charge in [-0.2, -0.15) is 0 Å². The Morgan fingerprint density at radius 2 is 1.95 bits per heavy atom.